The Kier molecular flexibility index (Phi) is 2.61. The fourth-order valence-electron chi connectivity index (χ4n) is 2.02. The van der Waals surface area contributed by atoms with E-state index in [0.717, 1.165) is 6.42 Å². The molecule has 1 heterocycles. The minimum absolute atomic E-state index is 0.382. The van der Waals surface area contributed by atoms with Crippen LogP contribution in [0.1, 0.15) is 38.3 Å². The summed E-state index contributed by atoms with van der Waals surface area (Å²) < 4.78 is 0. The zero-order valence-corrected chi connectivity index (χ0v) is 10.1. The highest BCUT2D eigenvalue weighted by Crippen LogP contribution is 2.41. The van der Waals surface area contributed by atoms with E-state index >= 15 is 0 Å². The smallest absolute Gasteiger partial charge is 0.0112 e. The van der Waals surface area contributed by atoms with Crippen LogP contribution >= 0.6 is 11.8 Å². The maximum Gasteiger partial charge on any atom is 0.0112 e. The first-order valence-corrected chi connectivity index (χ1v) is 6.38. The first kappa shape index (κ1) is 10.1. The molecule has 0 bridgehead atoms. The van der Waals surface area contributed by atoms with Crippen molar-refractivity contribution in [2.24, 2.45) is 0 Å². The highest BCUT2D eigenvalue weighted by atomic mass is 32.2. The summed E-state index contributed by atoms with van der Waals surface area (Å²) in [5.41, 5.74) is 3.40. The van der Waals surface area contributed by atoms with Crippen molar-refractivity contribution in [1.29, 1.82) is 0 Å². The third kappa shape index (κ3) is 1.70. The van der Waals surface area contributed by atoms with Crippen LogP contribution in [0.15, 0.2) is 23.1 Å². The molecule has 0 spiro atoms. The molecule has 0 saturated carbocycles. The fourth-order valence-corrected chi connectivity index (χ4v) is 3.58. The lowest BCUT2D eigenvalue weighted by molar-refractivity contribution is 0.494. The van der Waals surface area contributed by atoms with Crippen LogP contribution in [0, 0.1) is 0 Å². The number of hydrogen-bond donors (Lipinski definition) is 0. The first-order valence-electron chi connectivity index (χ1n) is 5.40. The molecule has 1 aliphatic heterocycles. The maximum absolute atomic E-state index is 2.38. The summed E-state index contributed by atoms with van der Waals surface area (Å²) in [5, 5.41) is 0. The van der Waals surface area contributed by atoms with Crippen LogP contribution < -0.4 is 0 Å². The molecule has 2 rings (SSSR count). The topological polar surface area (TPSA) is 0 Å². The summed E-state index contributed by atoms with van der Waals surface area (Å²) in [6, 6.07) is 6.99. The Hall–Kier alpha value is -0.430. The molecule has 0 fully saturated rings. The minimum atomic E-state index is 0.382. The van der Waals surface area contributed by atoms with Gasteiger partial charge in [0.25, 0.3) is 0 Å². The maximum atomic E-state index is 2.38. The highest BCUT2D eigenvalue weighted by molar-refractivity contribution is 7.99. The zero-order chi connectivity index (χ0) is 10.2. The summed E-state index contributed by atoms with van der Waals surface area (Å²) >= 11 is 2.02. The van der Waals surface area contributed by atoms with Gasteiger partial charge in [-0.05, 0) is 41.2 Å². The molecule has 0 saturated heterocycles. The van der Waals surface area contributed by atoms with Gasteiger partial charge < -0.3 is 0 Å². The predicted molar refractivity (Wildman–Crippen MR) is 64.2 cm³/mol. The first-order chi connectivity index (χ1) is 6.63. The quantitative estimate of drug-likeness (QED) is 0.668. The fraction of sp³-hybridized carbons (Fsp3) is 0.538. The number of fused-ring (bicyclic) bond motifs is 1. The molecule has 0 unspecified atom stereocenters. The molecule has 1 heteroatoms. The summed E-state index contributed by atoms with van der Waals surface area (Å²) in [4.78, 5) is 1.51. The monoisotopic (exact) mass is 206 g/mol. The standard InChI is InChI=1S/C13H18S/c1-4-10-5-6-11-12(9-10)14-8-7-13(11,2)3/h5-6,9H,4,7-8H2,1-3H3. The van der Waals surface area contributed by atoms with Gasteiger partial charge in [0.2, 0.25) is 0 Å². The SMILES string of the molecule is CCc1ccc2c(c1)SCCC2(C)C. The average molecular weight is 206 g/mol. The molecular formula is C13H18S. The zero-order valence-electron chi connectivity index (χ0n) is 9.26. The van der Waals surface area contributed by atoms with Gasteiger partial charge in [-0.3, -0.25) is 0 Å². The van der Waals surface area contributed by atoms with Gasteiger partial charge in [0, 0.05) is 4.90 Å². The lowest BCUT2D eigenvalue weighted by Crippen LogP contribution is -2.22. The lowest BCUT2D eigenvalue weighted by atomic mass is 9.81. The van der Waals surface area contributed by atoms with E-state index in [4.69, 9.17) is 0 Å². The Labute approximate surface area is 91.1 Å². The van der Waals surface area contributed by atoms with Gasteiger partial charge in [0.05, 0.1) is 0 Å². The van der Waals surface area contributed by atoms with E-state index < -0.39 is 0 Å². The summed E-state index contributed by atoms with van der Waals surface area (Å²) in [5.74, 6) is 1.27. The van der Waals surface area contributed by atoms with E-state index in [1.54, 1.807) is 5.56 Å². The highest BCUT2D eigenvalue weighted by Gasteiger charge is 2.27. The lowest BCUT2D eigenvalue weighted by Gasteiger charge is -2.32. The van der Waals surface area contributed by atoms with Crippen molar-refractivity contribution in [1.82, 2.24) is 0 Å². The second-order valence-corrected chi connectivity index (χ2v) is 5.80. The molecule has 0 N–H and O–H groups in total. The molecule has 0 atom stereocenters. The second kappa shape index (κ2) is 3.62. The number of benzene rings is 1. The van der Waals surface area contributed by atoms with Gasteiger partial charge in [-0.25, -0.2) is 0 Å². The summed E-state index contributed by atoms with van der Waals surface area (Å²) in [6.07, 6.45) is 2.45. The predicted octanol–water partition coefficient (Wildman–Crippen LogP) is 4.02. The van der Waals surface area contributed by atoms with Crippen LogP contribution in [0.25, 0.3) is 0 Å². The number of rotatable bonds is 1. The van der Waals surface area contributed by atoms with Crippen molar-refractivity contribution in [2.45, 2.75) is 43.9 Å². The molecule has 0 nitrogen and oxygen atoms in total. The Morgan fingerprint density at radius 1 is 1.36 bits per heavy atom. The van der Waals surface area contributed by atoms with E-state index in [1.165, 1.54) is 22.6 Å². The normalized spacial score (nSPS) is 19.1. The number of thioether (sulfide) groups is 1. The van der Waals surface area contributed by atoms with Gasteiger partial charge in [0.1, 0.15) is 0 Å². The molecule has 1 aliphatic rings. The molecule has 76 valence electrons. The van der Waals surface area contributed by atoms with Gasteiger partial charge >= 0.3 is 0 Å². The van der Waals surface area contributed by atoms with Crippen LogP contribution in [0.2, 0.25) is 0 Å². The minimum Gasteiger partial charge on any atom is -0.126 e. The van der Waals surface area contributed by atoms with Crippen LogP contribution in [-0.4, -0.2) is 5.75 Å². The molecule has 14 heavy (non-hydrogen) atoms. The van der Waals surface area contributed by atoms with Gasteiger partial charge in [0.15, 0.2) is 0 Å². The third-order valence-electron chi connectivity index (χ3n) is 3.17. The van der Waals surface area contributed by atoms with Crippen LogP contribution in [-0.2, 0) is 11.8 Å². The molecule has 1 aromatic carbocycles. The molecule has 0 aliphatic carbocycles. The van der Waals surface area contributed by atoms with E-state index in [-0.39, 0.29) is 0 Å². The Bertz CT molecular complexity index is 339. The van der Waals surface area contributed by atoms with Crippen molar-refractivity contribution < 1.29 is 0 Å². The molecule has 0 amide bonds. The van der Waals surface area contributed by atoms with E-state index in [2.05, 4.69) is 39.0 Å². The van der Waals surface area contributed by atoms with Gasteiger partial charge in [-0.2, -0.15) is 0 Å². The second-order valence-electron chi connectivity index (χ2n) is 4.67. The Balaban J connectivity index is 2.46. The van der Waals surface area contributed by atoms with E-state index in [1.807, 2.05) is 11.8 Å². The number of hydrogen-bond acceptors (Lipinski definition) is 1. The summed E-state index contributed by atoms with van der Waals surface area (Å²) in [7, 11) is 0. The van der Waals surface area contributed by atoms with E-state index in [9.17, 15) is 0 Å². The third-order valence-corrected chi connectivity index (χ3v) is 4.23. The van der Waals surface area contributed by atoms with E-state index in [0.29, 0.717) is 5.41 Å². The summed E-state index contributed by atoms with van der Waals surface area (Å²) in [6.45, 7) is 6.94. The molecule has 0 aromatic heterocycles. The van der Waals surface area contributed by atoms with Crippen LogP contribution in [0.4, 0.5) is 0 Å². The van der Waals surface area contributed by atoms with Crippen molar-refractivity contribution in [3.05, 3.63) is 29.3 Å². The van der Waals surface area contributed by atoms with Gasteiger partial charge in [-0.1, -0.05) is 32.9 Å². The Morgan fingerprint density at radius 3 is 2.86 bits per heavy atom. The molecule has 1 aromatic rings. The van der Waals surface area contributed by atoms with Crippen LogP contribution in [0.5, 0.6) is 0 Å². The average Bonchev–Trinajstić information content (AvgIpc) is 2.16. The molecular weight excluding hydrogens is 188 g/mol. The van der Waals surface area contributed by atoms with Crippen molar-refractivity contribution in [3.63, 3.8) is 0 Å². The molecule has 0 radical (unpaired) electrons. The van der Waals surface area contributed by atoms with Gasteiger partial charge in [-0.15, -0.1) is 11.8 Å². The number of aryl methyl sites for hydroxylation is 1. The van der Waals surface area contributed by atoms with Crippen LogP contribution in [0.3, 0.4) is 0 Å². The van der Waals surface area contributed by atoms with Crippen molar-refractivity contribution in [2.75, 3.05) is 5.75 Å². The Morgan fingerprint density at radius 2 is 2.14 bits per heavy atom. The van der Waals surface area contributed by atoms with Crippen molar-refractivity contribution >= 4 is 11.8 Å². The largest absolute Gasteiger partial charge is 0.126 e. The van der Waals surface area contributed by atoms with Crippen molar-refractivity contribution in [3.8, 4) is 0 Å².